The van der Waals surface area contributed by atoms with Crippen molar-refractivity contribution in [3.63, 3.8) is 0 Å². The maximum atomic E-state index is 5.21. The van der Waals surface area contributed by atoms with Crippen molar-refractivity contribution < 1.29 is 4.84 Å². The lowest BCUT2D eigenvalue weighted by Gasteiger charge is -2.11. The molecule has 0 aliphatic heterocycles. The smallest absolute Gasteiger partial charge is 0.152 e. The second-order valence-corrected chi connectivity index (χ2v) is 3.82. The van der Waals surface area contributed by atoms with Gasteiger partial charge in [0.2, 0.25) is 0 Å². The Morgan fingerprint density at radius 3 is 1.55 bits per heavy atom. The molecule has 1 radical (unpaired) electrons. The summed E-state index contributed by atoms with van der Waals surface area (Å²) in [7, 11) is 1.74. The molecule has 11 heavy (non-hydrogen) atoms. The molecule has 0 heterocycles. The van der Waals surface area contributed by atoms with Gasteiger partial charge in [-0.2, -0.15) is 4.84 Å². The standard InChI is InChI=1S/C9H21NO/c1-8(2)6-10(11-5)7-9(3)4/h8-9H,6-7H2,1-5H3/q+1. The molecule has 2 nitrogen and oxygen atoms in total. The maximum absolute atomic E-state index is 5.21. The molecule has 0 bridgehead atoms. The molecule has 0 aromatic rings. The van der Waals surface area contributed by atoms with Gasteiger partial charge in [-0.15, -0.1) is 0 Å². The molecular weight excluding hydrogens is 138 g/mol. The van der Waals surface area contributed by atoms with Crippen LogP contribution in [0, 0.1) is 11.8 Å². The summed E-state index contributed by atoms with van der Waals surface area (Å²) < 4.78 is 0. The van der Waals surface area contributed by atoms with Gasteiger partial charge in [-0.3, -0.25) is 0 Å². The lowest BCUT2D eigenvalue weighted by molar-refractivity contribution is -0.0503. The van der Waals surface area contributed by atoms with Crippen molar-refractivity contribution >= 4 is 0 Å². The van der Waals surface area contributed by atoms with E-state index in [1.807, 2.05) is 5.06 Å². The van der Waals surface area contributed by atoms with Gasteiger partial charge in [0.1, 0.15) is 7.11 Å². The molecule has 0 aromatic carbocycles. The van der Waals surface area contributed by atoms with E-state index >= 15 is 0 Å². The SMILES string of the molecule is CO[N+](CC(C)C)CC(C)C. The molecule has 0 unspecified atom stereocenters. The number of rotatable bonds is 5. The van der Waals surface area contributed by atoms with Crippen molar-refractivity contribution in [1.82, 2.24) is 5.06 Å². The van der Waals surface area contributed by atoms with Crippen LogP contribution < -0.4 is 5.06 Å². The van der Waals surface area contributed by atoms with Crippen LogP contribution in [0.15, 0.2) is 0 Å². The van der Waals surface area contributed by atoms with E-state index in [0.29, 0.717) is 11.8 Å². The van der Waals surface area contributed by atoms with Crippen molar-refractivity contribution in [2.45, 2.75) is 27.7 Å². The van der Waals surface area contributed by atoms with E-state index in [4.69, 9.17) is 4.84 Å². The third-order valence-corrected chi connectivity index (χ3v) is 1.40. The Hall–Kier alpha value is -0.0800. The highest BCUT2D eigenvalue weighted by atomic mass is 16.7. The first-order valence-corrected chi connectivity index (χ1v) is 4.35. The van der Waals surface area contributed by atoms with Gasteiger partial charge in [0.25, 0.3) is 0 Å². The Morgan fingerprint density at radius 2 is 1.36 bits per heavy atom. The summed E-state index contributed by atoms with van der Waals surface area (Å²) in [5, 5.41) is 2.02. The van der Waals surface area contributed by atoms with Crippen LogP contribution in [0.2, 0.25) is 0 Å². The molecule has 0 aliphatic rings. The van der Waals surface area contributed by atoms with E-state index in [2.05, 4.69) is 27.7 Å². The Kier molecular flexibility index (Phi) is 5.51. The summed E-state index contributed by atoms with van der Waals surface area (Å²) in [6.45, 7) is 10.8. The molecule has 0 amide bonds. The van der Waals surface area contributed by atoms with Gasteiger partial charge in [0.15, 0.2) is 13.1 Å². The zero-order chi connectivity index (χ0) is 8.85. The minimum atomic E-state index is 0.675. The van der Waals surface area contributed by atoms with Gasteiger partial charge in [0, 0.05) is 11.8 Å². The largest absolute Gasteiger partial charge is 0.162 e. The van der Waals surface area contributed by atoms with Crippen molar-refractivity contribution in [2.24, 2.45) is 11.8 Å². The topological polar surface area (TPSA) is 15.1 Å². The van der Waals surface area contributed by atoms with Crippen LogP contribution in [0.1, 0.15) is 27.7 Å². The zero-order valence-corrected chi connectivity index (χ0v) is 8.42. The Balaban J connectivity index is 3.58. The van der Waals surface area contributed by atoms with E-state index in [1.54, 1.807) is 7.11 Å². The molecule has 67 valence electrons. The minimum absolute atomic E-state index is 0.675. The molecule has 0 rings (SSSR count). The number of nitrogens with zero attached hydrogens (tertiary/aromatic N) is 1. The van der Waals surface area contributed by atoms with E-state index < -0.39 is 0 Å². The van der Waals surface area contributed by atoms with Gasteiger partial charge >= 0.3 is 0 Å². The Bertz CT molecular complexity index is 81.6. The van der Waals surface area contributed by atoms with Crippen LogP contribution in [0.3, 0.4) is 0 Å². The first kappa shape index (κ1) is 10.9. The van der Waals surface area contributed by atoms with Crippen LogP contribution in [0.25, 0.3) is 0 Å². The summed E-state index contributed by atoms with van der Waals surface area (Å²) in [6, 6.07) is 0. The highest BCUT2D eigenvalue weighted by molar-refractivity contribution is 4.57. The number of hydrogen-bond donors (Lipinski definition) is 0. The van der Waals surface area contributed by atoms with Gasteiger partial charge in [-0.05, 0) is 5.06 Å². The zero-order valence-electron chi connectivity index (χ0n) is 8.42. The van der Waals surface area contributed by atoms with Crippen molar-refractivity contribution in [3.8, 4) is 0 Å². The van der Waals surface area contributed by atoms with Crippen LogP contribution in [-0.2, 0) is 4.84 Å². The van der Waals surface area contributed by atoms with Crippen LogP contribution >= 0.6 is 0 Å². The molecule has 0 spiro atoms. The summed E-state index contributed by atoms with van der Waals surface area (Å²) in [5.41, 5.74) is 0. The van der Waals surface area contributed by atoms with Gasteiger partial charge in [-0.25, -0.2) is 0 Å². The average molecular weight is 159 g/mol. The first-order valence-electron chi connectivity index (χ1n) is 4.35. The van der Waals surface area contributed by atoms with Crippen LogP contribution in [-0.4, -0.2) is 20.2 Å². The quantitative estimate of drug-likeness (QED) is 0.442. The molecule has 0 saturated carbocycles. The van der Waals surface area contributed by atoms with Gasteiger partial charge < -0.3 is 0 Å². The van der Waals surface area contributed by atoms with E-state index in [9.17, 15) is 0 Å². The van der Waals surface area contributed by atoms with Gasteiger partial charge in [-0.1, -0.05) is 27.7 Å². The third kappa shape index (κ3) is 6.32. The fourth-order valence-corrected chi connectivity index (χ4v) is 1.04. The molecule has 2 heteroatoms. The van der Waals surface area contributed by atoms with E-state index in [1.165, 1.54) is 0 Å². The lowest BCUT2D eigenvalue weighted by Crippen LogP contribution is -2.35. The summed E-state index contributed by atoms with van der Waals surface area (Å²) in [6.07, 6.45) is 0. The molecule has 0 atom stereocenters. The van der Waals surface area contributed by atoms with Crippen molar-refractivity contribution in [1.29, 1.82) is 0 Å². The van der Waals surface area contributed by atoms with Gasteiger partial charge in [0.05, 0.1) is 0 Å². The first-order chi connectivity index (χ1) is 5.06. The summed E-state index contributed by atoms with van der Waals surface area (Å²) >= 11 is 0. The third-order valence-electron chi connectivity index (χ3n) is 1.40. The molecule has 0 aromatic heterocycles. The Labute approximate surface area is 70.5 Å². The van der Waals surface area contributed by atoms with Crippen molar-refractivity contribution in [3.05, 3.63) is 0 Å². The fourth-order valence-electron chi connectivity index (χ4n) is 1.04. The average Bonchev–Trinajstić information content (AvgIpc) is 1.84. The highest BCUT2D eigenvalue weighted by Crippen LogP contribution is 1.99. The second kappa shape index (κ2) is 5.56. The summed E-state index contributed by atoms with van der Waals surface area (Å²) in [5.74, 6) is 1.35. The molecule has 0 aliphatic carbocycles. The normalized spacial score (nSPS) is 12.0. The lowest BCUT2D eigenvalue weighted by atomic mass is 10.2. The molecular formula is C9H21NO+. The molecule has 0 fully saturated rings. The molecule has 0 N–H and O–H groups in total. The molecule has 0 saturated heterocycles. The predicted octanol–water partition coefficient (Wildman–Crippen LogP) is 2.00. The van der Waals surface area contributed by atoms with Crippen LogP contribution in [0.4, 0.5) is 0 Å². The maximum Gasteiger partial charge on any atom is 0.162 e. The van der Waals surface area contributed by atoms with E-state index in [-0.39, 0.29) is 0 Å². The van der Waals surface area contributed by atoms with E-state index in [0.717, 1.165) is 13.1 Å². The summed E-state index contributed by atoms with van der Waals surface area (Å²) in [4.78, 5) is 5.21. The number of hydrogen-bond acceptors (Lipinski definition) is 2. The highest BCUT2D eigenvalue weighted by Gasteiger charge is 2.18. The predicted molar refractivity (Wildman–Crippen MR) is 48.6 cm³/mol. The van der Waals surface area contributed by atoms with Crippen LogP contribution in [0.5, 0.6) is 0 Å². The Morgan fingerprint density at radius 1 is 1.00 bits per heavy atom. The monoisotopic (exact) mass is 159 g/mol. The number of hydroxylamine groups is 2. The van der Waals surface area contributed by atoms with Crippen molar-refractivity contribution in [2.75, 3.05) is 20.2 Å². The minimum Gasteiger partial charge on any atom is -0.152 e. The fraction of sp³-hybridized carbons (Fsp3) is 1.00. The second-order valence-electron chi connectivity index (χ2n) is 3.82.